The minimum Gasteiger partial charge on any atom is -0.429 e. The van der Waals surface area contributed by atoms with Gasteiger partial charge in [-0.25, -0.2) is 0 Å². The Morgan fingerprint density at radius 2 is 1.71 bits per heavy atom. The van der Waals surface area contributed by atoms with Gasteiger partial charge in [0.2, 0.25) is 0 Å². The largest absolute Gasteiger partial charge is 0.429 e. The lowest BCUT2D eigenvalue weighted by Gasteiger charge is -2.03. The summed E-state index contributed by atoms with van der Waals surface area (Å²) in [7, 11) is -3.69. The second-order valence-electron chi connectivity index (χ2n) is 2.31. The number of hydrogen-bond donors (Lipinski definition) is 1. The van der Waals surface area contributed by atoms with Crippen molar-refractivity contribution in [3.8, 4) is 11.5 Å². The van der Waals surface area contributed by atoms with Gasteiger partial charge in [-0.15, -0.1) is 0 Å². The number of benzene rings is 1. The molecule has 14 heavy (non-hydrogen) atoms. The molecular weight excluding hydrogens is 224 g/mol. The van der Waals surface area contributed by atoms with Crippen molar-refractivity contribution in [2.75, 3.05) is 0 Å². The molecule has 0 N–H and O–H groups in total. The first-order chi connectivity index (χ1) is 6.57. The van der Waals surface area contributed by atoms with Gasteiger partial charge in [0.25, 0.3) is 0 Å². The molecule has 76 valence electrons. The first kappa shape index (κ1) is 10.9. The van der Waals surface area contributed by atoms with Gasteiger partial charge in [-0.1, -0.05) is 6.58 Å². The Bertz CT molecular complexity index is 407. The Morgan fingerprint density at radius 1 is 1.21 bits per heavy atom. The van der Waals surface area contributed by atoms with Crippen molar-refractivity contribution in [2.24, 2.45) is 0 Å². The third kappa shape index (κ3) is 2.97. The van der Waals surface area contributed by atoms with E-state index in [0.29, 0.717) is 5.75 Å². The third-order valence-corrected chi connectivity index (χ3v) is 2.39. The van der Waals surface area contributed by atoms with Crippen LogP contribution in [0.15, 0.2) is 36.3 Å². The number of thiol groups is 1. The molecule has 0 heterocycles. The van der Waals surface area contributed by atoms with Crippen LogP contribution in [0.3, 0.4) is 0 Å². The van der Waals surface area contributed by atoms with Crippen LogP contribution in [-0.4, -0.2) is 8.42 Å². The summed E-state index contributed by atoms with van der Waals surface area (Å²) in [6, 6.07) is 5.96. The van der Waals surface area contributed by atoms with Gasteiger partial charge in [0.05, 0.1) is 5.41 Å². The van der Waals surface area contributed by atoms with E-state index in [4.69, 9.17) is 0 Å². The Balaban J connectivity index is 2.84. The summed E-state index contributed by atoms with van der Waals surface area (Å²) in [4.78, 5) is 0. The summed E-state index contributed by atoms with van der Waals surface area (Å²) in [5.74, 6) is 0.690. The molecule has 0 saturated carbocycles. The van der Waals surface area contributed by atoms with Crippen molar-refractivity contribution in [3.63, 3.8) is 0 Å². The molecule has 0 spiro atoms. The topological polar surface area (TPSA) is 52.6 Å². The zero-order valence-electron chi connectivity index (χ0n) is 7.08. The molecule has 0 amide bonds. The molecule has 0 saturated heterocycles. The molecular formula is C8H8O4S2. The lowest BCUT2D eigenvalue weighted by molar-refractivity contribution is 0.496. The van der Waals surface area contributed by atoms with Gasteiger partial charge in [-0.05, 0) is 24.3 Å². The Morgan fingerprint density at radius 3 is 2.14 bits per heavy atom. The molecule has 0 aliphatic rings. The number of rotatable bonds is 4. The molecule has 0 aliphatic carbocycles. The van der Waals surface area contributed by atoms with Gasteiger partial charge in [0.15, 0.2) is 0 Å². The first-order valence-electron chi connectivity index (χ1n) is 3.56. The van der Waals surface area contributed by atoms with Gasteiger partial charge in [0, 0.05) is 12.9 Å². The standard InChI is InChI=1S/C8H8O4S2/c1-2-14(9,10)12-8-5-3-7(11-13)4-6-8/h2-6,13H,1H2. The van der Waals surface area contributed by atoms with Gasteiger partial charge < -0.3 is 8.37 Å². The van der Waals surface area contributed by atoms with E-state index in [1.165, 1.54) is 24.3 Å². The van der Waals surface area contributed by atoms with E-state index in [-0.39, 0.29) is 5.75 Å². The molecule has 1 rings (SSSR count). The average Bonchev–Trinajstić information content (AvgIpc) is 2.19. The van der Waals surface area contributed by atoms with Crippen molar-refractivity contribution < 1.29 is 16.8 Å². The van der Waals surface area contributed by atoms with Crippen molar-refractivity contribution in [3.05, 3.63) is 36.3 Å². The summed E-state index contributed by atoms with van der Waals surface area (Å²) in [6.45, 7) is 3.11. The van der Waals surface area contributed by atoms with E-state index in [2.05, 4.69) is 27.9 Å². The average molecular weight is 232 g/mol. The summed E-state index contributed by atoms with van der Waals surface area (Å²) in [6.07, 6.45) is 0. The molecule has 6 heteroatoms. The molecule has 0 aliphatic heterocycles. The first-order valence-corrected chi connectivity index (χ1v) is 5.39. The predicted octanol–water partition coefficient (Wildman–Crippen LogP) is 1.76. The van der Waals surface area contributed by atoms with Crippen LogP contribution in [0.25, 0.3) is 0 Å². The second-order valence-corrected chi connectivity index (χ2v) is 3.97. The second kappa shape index (κ2) is 4.39. The molecule has 1 aromatic carbocycles. The molecule has 0 atom stereocenters. The summed E-state index contributed by atoms with van der Waals surface area (Å²) in [5, 5.41) is 0.732. The van der Waals surface area contributed by atoms with Gasteiger partial charge >= 0.3 is 10.1 Å². The van der Waals surface area contributed by atoms with Crippen LogP contribution < -0.4 is 8.37 Å². The Kier molecular flexibility index (Phi) is 3.43. The fourth-order valence-electron chi connectivity index (χ4n) is 0.724. The maximum Gasteiger partial charge on any atom is 0.331 e. The maximum absolute atomic E-state index is 10.9. The zero-order chi connectivity index (χ0) is 10.6. The summed E-state index contributed by atoms with van der Waals surface area (Å²) in [5.41, 5.74) is 0. The highest BCUT2D eigenvalue weighted by Gasteiger charge is 2.06. The van der Waals surface area contributed by atoms with Crippen molar-refractivity contribution in [2.45, 2.75) is 0 Å². The monoisotopic (exact) mass is 232 g/mol. The van der Waals surface area contributed by atoms with E-state index in [9.17, 15) is 8.42 Å². The molecule has 0 bridgehead atoms. The lowest BCUT2D eigenvalue weighted by atomic mass is 10.3. The summed E-state index contributed by atoms with van der Waals surface area (Å²) >= 11 is 3.57. The van der Waals surface area contributed by atoms with Gasteiger partial charge in [0.1, 0.15) is 11.5 Å². The van der Waals surface area contributed by atoms with Gasteiger partial charge in [-0.3, -0.25) is 0 Å². The molecule has 0 fully saturated rings. The van der Waals surface area contributed by atoms with Crippen molar-refractivity contribution in [1.82, 2.24) is 0 Å². The van der Waals surface area contributed by atoms with Gasteiger partial charge in [-0.2, -0.15) is 8.42 Å². The van der Waals surface area contributed by atoms with Crippen LogP contribution in [0.1, 0.15) is 0 Å². The fraction of sp³-hybridized carbons (Fsp3) is 0. The highest BCUT2D eigenvalue weighted by Crippen LogP contribution is 2.19. The van der Waals surface area contributed by atoms with Crippen LogP contribution in [-0.2, 0) is 10.1 Å². The Labute approximate surface area is 87.9 Å². The smallest absolute Gasteiger partial charge is 0.331 e. The van der Waals surface area contributed by atoms with Crippen LogP contribution in [0.4, 0.5) is 0 Å². The predicted molar refractivity (Wildman–Crippen MR) is 55.8 cm³/mol. The zero-order valence-corrected chi connectivity index (χ0v) is 8.79. The molecule has 0 radical (unpaired) electrons. The van der Waals surface area contributed by atoms with Crippen molar-refractivity contribution >= 4 is 23.0 Å². The third-order valence-electron chi connectivity index (χ3n) is 1.35. The normalized spacial score (nSPS) is 10.6. The molecule has 0 aromatic heterocycles. The van der Waals surface area contributed by atoms with E-state index in [1.54, 1.807) is 0 Å². The maximum atomic E-state index is 10.9. The van der Waals surface area contributed by atoms with Crippen LogP contribution in [0.5, 0.6) is 11.5 Å². The minimum atomic E-state index is -3.69. The van der Waals surface area contributed by atoms with Crippen LogP contribution >= 0.6 is 12.9 Å². The SMILES string of the molecule is C=CS(=O)(=O)Oc1ccc(OS)cc1. The Hall–Kier alpha value is -1.14. The van der Waals surface area contributed by atoms with E-state index < -0.39 is 10.1 Å². The highest BCUT2D eigenvalue weighted by atomic mass is 32.2. The fourth-order valence-corrected chi connectivity index (χ4v) is 1.29. The lowest BCUT2D eigenvalue weighted by Crippen LogP contribution is -2.04. The van der Waals surface area contributed by atoms with Crippen LogP contribution in [0, 0.1) is 0 Å². The highest BCUT2D eigenvalue weighted by molar-refractivity contribution is 7.90. The van der Waals surface area contributed by atoms with E-state index in [0.717, 1.165) is 5.41 Å². The van der Waals surface area contributed by atoms with E-state index in [1.807, 2.05) is 0 Å². The van der Waals surface area contributed by atoms with E-state index >= 15 is 0 Å². The number of hydrogen-bond acceptors (Lipinski definition) is 5. The summed E-state index contributed by atoms with van der Waals surface area (Å²) < 4.78 is 31.1. The molecule has 4 nitrogen and oxygen atoms in total. The quantitative estimate of drug-likeness (QED) is 0.488. The minimum absolute atomic E-state index is 0.194. The van der Waals surface area contributed by atoms with Crippen molar-refractivity contribution in [1.29, 1.82) is 0 Å². The molecule has 0 unspecified atom stereocenters. The molecule has 1 aromatic rings. The van der Waals surface area contributed by atoms with Crippen LogP contribution in [0.2, 0.25) is 0 Å².